The van der Waals surface area contributed by atoms with E-state index in [-0.39, 0.29) is 5.54 Å². The molecule has 2 heterocycles. The van der Waals surface area contributed by atoms with Gasteiger partial charge in [0, 0.05) is 23.8 Å². The van der Waals surface area contributed by atoms with Crippen LogP contribution >= 0.6 is 11.6 Å². The van der Waals surface area contributed by atoms with Gasteiger partial charge in [0.25, 0.3) is 0 Å². The van der Waals surface area contributed by atoms with E-state index in [1.807, 2.05) is 6.20 Å². The number of aromatic nitrogens is 2. The Bertz CT molecular complexity index is 351. The highest BCUT2D eigenvalue weighted by atomic mass is 35.5. The molecule has 15 heavy (non-hydrogen) atoms. The molecule has 82 valence electrons. The van der Waals surface area contributed by atoms with Gasteiger partial charge in [0.1, 0.15) is 12.1 Å². The second-order valence-corrected chi connectivity index (χ2v) is 4.84. The van der Waals surface area contributed by atoms with Crippen molar-refractivity contribution in [1.29, 1.82) is 0 Å². The minimum absolute atomic E-state index is 0.190. The monoisotopic (exact) mass is 225 g/mol. The van der Waals surface area contributed by atoms with E-state index in [4.69, 9.17) is 11.6 Å². The van der Waals surface area contributed by atoms with Gasteiger partial charge in [0.05, 0.1) is 5.88 Å². The summed E-state index contributed by atoms with van der Waals surface area (Å²) in [5.74, 6) is 1.48. The van der Waals surface area contributed by atoms with Crippen molar-refractivity contribution in [3.63, 3.8) is 0 Å². The van der Waals surface area contributed by atoms with Crippen molar-refractivity contribution >= 4 is 17.4 Å². The van der Waals surface area contributed by atoms with E-state index >= 15 is 0 Å². The number of alkyl halides is 1. The Morgan fingerprint density at radius 3 is 2.93 bits per heavy atom. The maximum Gasteiger partial charge on any atom is 0.136 e. The minimum atomic E-state index is 0.190. The molecule has 0 saturated carbocycles. The Kier molecular flexibility index (Phi) is 2.83. The molecule has 1 fully saturated rings. The lowest BCUT2D eigenvalue weighted by Crippen LogP contribution is -2.39. The SMILES string of the molecule is CC1(C)CCCN1c1ncncc1CCl. The number of rotatable bonds is 2. The quantitative estimate of drug-likeness (QED) is 0.725. The zero-order valence-corrected chi connectivity index (χ0v) is 9.96. The molecule has 1 aliphatic rings. The topological polar surface area (TPSA) is 29.0 Å². The van der Waals surface area contributed by atoms with Crippen molar-refractivity contribution in [3.05, 3.63) is 18.1 Å². The fourth-order valence-corrected chi connectivity index (χ4v) is 2.38. The molecule has 4 heteroatoms. The van der Waals surface area contributed by atoms with Crippen LogP contribution in [0.25, 0.3) is 0 Å². The molecule has 0 unspecified atom stereocenters. The average molecular weight is 226 g/mol. The van der Waals surface area contributed by atoms with Crippen LogP contribution in [0.2, 0.25) is 0 Å². The highest BCUT2D eigenvalue weighted by Gasteiger charge is 2.33. The summed E-state index contributed by atoms with van der Waals surface area (Å²) in [5.41, 5.74) is 1.21. The van der Waals surface area contributed by atoms with Crippen LogP contribution in [0.1, 0.15) is 32.3 Å². The van der Waals surface area contributed by atoms with Crippen molar-refractivity contribution in [2.45, 2.75) is 38.1 Å². The molecule has 0 aliphatic carbocycles. The molecule has 3 nitrogen and oxygen atoms in total. The second kappa shape index (κ2) is 3.97. The van der Waals surface area contributed by atoms with Gasteiger partial charge in [0.15, 0.2) is 0 Å². The van der Waals surface area contributed by atoms with E-state index in [9.17, 15) is 0 Å². The van der Waals surface area contributed by atoms with Crippen LogP contribution in [0.4, 0.5) is 5.82 Å². The first kappa shape index (κ1) is 10.7. The third-order valence-corrected chi connectivity index (χ3v) is 3.35. The van der Waals surface area contributed by atoms with Crippen molar-refractivity contribution < 1.29 is 0 Å². The lowest BCUT2D eigenvalue weighted by Gasteiger charge is -2.33. The molecule has 1 saturated heterocycles. The summed E-state index contributed by atoms with van der Waals surface area (Å²) in [4.78, 5) is 10.7. The van der Waals surface area contributed by atoms with Crippen molar-refractivity contribution in [2.24, 2.45) is 0 Å². The van der Waals surface area contributed by atoms with Crippen LogP contribution in [0.5, 0.6) is 0 Å². The minimum Gasteiger partial charge on any atom is -0.351 e. The molecule has 0 radical (unpaired) electrons. The summed E-state index contributed by atoms with van der Waals surface area (Å²) in [7, 11) is 0. The van der Waals surface area contributed by atoms with Crippen LogP contribution in [-0.2, 0) is 5.88 Å². The molecule has 1 aliphatic heterocycles. The van der Waals surface area contributed by atoms with E-state index < -0.39 is 0 Å². The van der Waals surface area contributed by atoms with Crippen molar-refractivity contribution in [2.75, 3.05) is 11.4 Å². The van der Waals surface area contributed by atoms with Crippen LogP contribution in [0.3, 0.4) is 0 Å². The van der Waals surface area contributed by atoms with Gasteiger partial charge in [-0.2, -0.15) is 0 Å². The van der Waals surface area contributed by atoms with Gasteiger partial charge in [-0.3, -0.25) is 0 Å². The molecular weight excluding hydrogens is 210 g/mol. The Labute approximate surface area is 95.5 Å². The summed E-state index contributed by atoms with van der Waals surface area (Å²) < 4.78 is 0. The van der Waals surface area contributed by atoms with Crippen LogP contribution < -0.4 is 4.90 Å². The highest BCUT2D eigenvalue weighted by molar-refractivity contribution is 6.17. The highest BCUT2D eigenvalue weighted by Crippen LogP contribution is 2.34. The zero-order chi connectivity index (χ0) is 10.9. The number of nitrogens with zero attached hydrogens (tertiary/aromatic N) is 3. The standard InChI is InChI=1S/C11H16ClN3/c1-11(2)4-3-5-15(11)10-9(6-12)7-13-8-14-10/h7-8H,3-6H2,1-2H3. The Balaban J connectivity index is 2.36. The smallest absolute Gasteiger partial charge is 0.136 e. The molecule has 0 aromatic carbocycles. The van der Waals surface area contributed by atoms with E-state index in [1.165, 1.54) is 12.8 Å². The second-order valence-electron chi connectivity index (χ2n) is 4.57. The van der Waals surface area contributed by atoms with Gasteiger partial charge in [-0.1, -0.05) is 0 Å². The normalized spacial score (nSPS) is 19.5. The van der Waals surface area contributed by atoms with E-state index in [1.54, 1.807) is 6.33 Å². The molecule has 1 aromatic rings. The fourth-order valence-electron chi connectivity index (χ4n) is 2.19. The summed E-state index contributed by atoms with van der Waals surface area (Å²) in [5, 5.41) is 0. The lowest BCUT2D eigenvalue weighted by molar-refractivity contribution is 0.513. The van der Waals surface area contributed by atoms with Gasteiger partial charge in [0.2, 0.25) is 0 Å². The first-order chi connectivity index (χ1) is 7.15. The first-order valence-corrected chi connectivity index (χ1v) is 5.81. The first-order valence-electron chi connectivity index (χ1n) is 5.27. The van der Waals surface area contributed by atoms with E-state index in [0.29, 0.717) is 5.88 Å². The van der Waals surface area contributed by atoms with E-state index in [0.717, 1.165) is 17.9 Å². The van der Waals surface area contributed by atoms with Gasteiger partial charge in [-0.15, -0.1) is 11.6 Å². The molecule has 2 rings (SSSR count). The third kappa shape index (κ3) is 1.93. The molecule has 1 aromatic heterocycles. The molecule has 0 bridgehead atoms. The number of halogens is 1. The maximum atomic E-state index is 5.90. The maximum absolute atomic E-state index is 5.90. The summed E-state index contributed by atoms with van der Waals surface area (Å²) >= 11 is 5.90. The van der Waals surface area contributed by atoms with Crippen molar-refractivity contribution in [1.82, 2.24) is 9.97 Å². The zero-order valence-electron chi connectivity index (χ0n) is 9.20. The van der Waals surface area contributed by atoms with Crippen LogP contribution in [0, 0.1) is 0 Å². The van der Waals surface area contributed by atoms with Crippen LogP contribution in [0.15, 0.2) is 12.5 Å². The average Bonchev–Trinajstić information content (AvgIpc) is 2.58. The summed E-state index contributed by atoms with van der Waals surface area (Å²) in [6.07, 6.45) is 5.83. The number of hydrogen-bond acceptors (Lipinski definition) is 3. The molecule has 0 N–H and O–H groups in total. The Morgan fingerprint density at radius 2 is 2.33 bits per heavy atom. The molecule has 0 spiro atoms. The number of hydrogen-bond donors (Lipinski definition) is 0. The van der Waals surface area contributed by atoms with Gasteiger partial charge in [-0.05, 0) is 26.7 Å². The van der Waals surface area contributed by atoms with Gasteiger partial charge in [-0.25, -0.2) is 9.97 Å². The summed E-state index contributed by atoms with van der Waals surface area (Å²) in [6.45, 7) is 5.56. The van der Waals surface area contributed by atoms with Crippen molar-refractivity contribution in [3.8, 4) is 0 Å². The molecule has 0 atom stereocenters. The Morgan fingerprint density at radius 1 is 1.53 bits per heavy atom. The predicted octanol–water partition coefficient (Wildman–Crippen LogP) is 2.59. The fraction of sp³-hybridized carbons (Fsp3) is 0.636. The predicted molar refractivity (Wildman–Crippen MR) is 62.2 cm³/mol. The number of anilines is 1. The third-order valence-electron chi connectivity index (χ3n) is 3.06. The molecule has 0 amide bonds. The van der Waals surface area contributed by atoms with Gasteiger partial charge < -0.3 is 4.90 Å². The summed E-state index contributed by atoms with van der Waals surface area (Å²) in [6, 6.07) is 0. The lowest BCUT2D eigenvalue weighted by atomic mass is 10.0. The van der Waals surface area contributed by atoms with Crippen LogP contribution in [-0.4, -0.2) is 22.1 Å². The largest absolute Gasteiger partial charge is 0.351 e. The van der Waals surface area contributed by atoms with Gasteiger partial charge >= 0.3 is 0 Å². The van der Waals surface area contributed by atoms with E-state index in [2.05, 4.69) is 28.7 Å². The molecular formula is C11H16ClN3. The Hall–Kier alpha value is -0.830.